The Morgan fingerprint density at radius 2 is 1.96 bits per heavy atom. The summed E-state index contributed by atoms with van der Waals surface area (Å²) in [5.41, 5.74) is 0. The molecule has 2 N–H and O–H groups in total. The second-order valence-electron chi connectivity index (χ2n) is 7.53. The lowest BCUT2D eigenvalue weighted by Crippen LogP contribution is -2.49. The number of thioether (sulfide) groups is 1. The molecule has 0 aromatic carbocycles. The van der Waals surface area contributed by atoms with Gasteiger partial charge in [-0.05, 0) is 44.8 Å². The van der Waals surface area contributed by atoms with Crippen molar-refractivity contribution in [3.8, 4) is 0 Å². The van der Waals surface area contributed by atoms with E-state index < -0.39 is 0 Å². The molecule has 0 amide bonds. The van der Waals surface area contributed by atoms with E-state index >= 15 is 0 Å². The minimum absolute atomic E-state index is 0. The summed E-state index contributed by atoms with van der Waals surface area (Å²) in [5.74, 6) is 2.12. The Kier molecular flexibility index (Phi) is 14.2. The Labute approximate surface area is 193 Å². The second kappa shape index (κ2) is 15.1. The summed E-state index contributed by atoms with van der Waals surface area (Å²) < 4.78 is 11.0. The van der Waals surface area contributed by atoms with Crippen LogP contribution in [0.1, 0.15) is 46.0 Å². The molecule has 0 unspecified atom stereocenters. The van der Waals surface area contributed by atoms with Gasteiger partial charge in [-0.15, -0.1) is 24.0 Å². The van der Waals surface area contributed by atoms with Crippen molar-refractivity contribution in [2.75, 3.05) is 65.4 Å². The van der Waals surface area contributed by atoms with Crippen LogP contribution in [0.4, 0.5) is 0 Å². The third-order valence-corrected chi connectivity index (χ3v) is 6.91. The molecule has 0 spiro atoms. The highest BCUT2D eigenvalue weighted by molar-refractivity contribution is 14.0. The van der Waals surface area contributed by atoms with Gasteiger partial charge in [0.05, 0.1) is 6.54 Å². The normalized spacial score (nSPS) is 21.2. The average molecular weight is 529 g/mol. The molecular weight excluding hydrogens is 487 g/mol. The van der Waals surface area contributed by atoms with Crippen LogP contribution in [0.2, 0.25) is 0 Å². The van der Waals surface area contributed by atoms with Crippen LogP contribution in [0.15, 0.2) is 4.99 Å². The van der Waals surface area contributed by atoms with E-state index in [0.717, 1.165) is 83.5 Å². The van der Waals surface area contributed by atoms with Gasteiger partial charge in [0.2, 0.25) is 0 Å². The third kappa shape index (κ3) is 9.36. The molecular formula is C20H41IN4O2S. The molecule has 0 aromatic rings. The van der Waals surface area contributed by atoms with Gasteiger partial charge in [-0.1, -0.05) is 6.92 Å². The first-order valence-corrected chi connectivity index (χ1v) is 11.7. The molecule has 0 aliphatic carbocycles. The summed E-state index contributed by atoms with van der Waals surface area (Å²) in [4.78, 5) is 7.54. The van der Waals surface area contributed by atoms with E-state index in [-0.39, 0.29) is 28.7 Å². The fraction of sp³-hybridized carbons (Fsp3) is 0.950. The molecule has 166 valence electrons. The van der Waals surface area contributed by atoms with Gasteiger partial charge in [0, 0.05) is 63.9 Å². The highest BCUT2D eigenvalue weighted by atomic mass is 127. The Balaban J connectivity index is 0.00000392. The molecule has 8 heteroatoms. The van der Waals surface area contributed by atoms with Crippen molar-refractivity contribution >= 4 is 41.7 Å². The summed E-state index contributed by atoms with van der Waals surface area (Å²) in [6.45, 7) is 12.2. The van der Waals surface area contributed by atoms with Crippen molar-refractivity contribution in [2.45, 2.75) is 56.7 Å². The Morgan fingerprint density at radius 1 is 1.25 bits per heavy atom. The molecule has 0 atom stereocenters. The predicted molar refractivity (Wildman–Crippen MR) is 131 cm³/mol. The van der Waals surface area contributed by atoms with E-state index in [2.05, 4.69) is 41.1 Å². The van der Waals surface area contributed by atoms with Crippen molar-refractivity contribution in [1.29, 1.82) is 0 Å². The first-order valence-electron chi connectivity index (χ1n) is 10.7. The van der Waals surface area contributed by atoms with Crippen LogP contribution in [-0.2, 0) is 9.47 Å². The Hall–Kier alpha value is 0.230. The van der Waals surface area contributed by atoms with Gasteiger partial charge in [-0.25, -0.2) is 0 Å². The molecule has 0 bridgehead atoms. The minimum atomic E-state index is 0. The van der Waals surface area contributed by atoms with E-state index in [1.165, 1.54) is 12.8 Å². The summed E-state index contributed by atoms with van der Waals surface area (Å²) in [6.07, 6.45) is 5.70. The lowest BCUT2D eigenvalue weighted by atomic mass is 9.99. The first-order chi connectivity index (χ1) is 13.2. The van der Waals surface area contributed by atoms with Crippen LogP contribution in [-0.4, -0.2) is 87.1 Å². The van der Waals surface area contributed by atoms with E-state index in [4.69, 9.17) is 14.5 Å². The van der Waals surface area contributed by atoms with Gasteiger partial charge < -0.3 is 25.0 Å². The molecule has 6 nitrogen and oxygen atoms in total. The molecule has 0 saturated carbocycles. The van der Waals surface area contributed by atoms with Crippen molar-refractivity contribution in [1.82, 2.24) is 15.5 Å². The third-order valence-electron chi connectivity index (χ3n) is 5.48. The number of halogens is 1. The van der Waals surface area contributed by atoms with Crippen LogP contribution in [0.5, 0.6) is 0 Å². The summed E-state index contributed by atoms with van der Waals surface area (Å²) in [6, 6.07) is 0.519. The van der Waals surface area contributed by atoms with Crippen LogP contribution in [0.25, 0.3) is 0 Å². The van der Waals surface area contributed by atoms with E-state index in [1.54, 1.807) is 7.11 Å². The quantitative estimate of drug-likeness (QED) is 0.197. The van der Waals surface area contributed by atoms with Gasteiger partial charge in [-0.3, -0.25) is 4.99 Å². The SMILES string of the molecule is CCNC(=NCC1(SCC)CCOCC1)NC1CCN(CCCOC)CC1.I. The van der Waals surface area contributed by atoms with Crippen LogP contribution in [0, 0.1) is 0 Å². The van der Waals surface area contributed by atoms with E-state index in [9.17, 15) is 0 Å². The minimum Gasteiger partial charge on any atom is -0.385 e. The summed E-state index contributed by atoms with van der Waals surface area (Å²) >= 11 is 2.06. The van der Waals surface area contributed by atoms with Gasteiger partial charge in [0.25, 0.3) is 0 Å². The number of nitrogens with one attached hydrogen (secondary N) is 2. The smallest absolute Gasteiger partial charge is 0.191 e. The number of hydrogen-bond acceptors (Lipinski definition) is 5. The van der Waals surface area contributed by atoms with Gasteiger partial charge in [-0.2, -0.15) is 11.8 Å². The molecule has 0 aromatic heterocycles. The zero-order valence-corrected chi connectivity index (χ0v) is 21.2. The summed E-state index contributed by atoms with van der Waals surface area (Å²) in [7, 11) is 1.78. The molecule has 2 fully saturated rings. The number of methoxy groups -OCH3 is 1. The number of nitrogens with zero attached hydrogens (tertiary/aromatic N) is 2. The Morgan fingerprint density at radius 3 is 2.57 bits per heavy atom. The first kappa shape index (κ1) is 26.3. The zero-order chi connectivity index (χ0) is 19.4. The number of aliphatic imine (C=N–C) groups is 1. The number of rotatable bonds is 10. The number of hydrogen-bond donors (Lipinski definition) is 2. The number of piperidine rings is 1. The van der Waals surface area contributed by atoms with Crippen LogP contribution in [0.3, 0.4) is 0 Å². The highest BCUT2D eigenvalue weighted by Gasteiger charge is 2.32. The standard InChI is InChI=1S/C20H40N4O2S.HI/c1-4-21-19(22-17-20(27-5-2)9-15-26-16-10-20)23-18-7-12-24(13-8-18)11-6-14-25-3;/h18H,4-17H2,1-3H3,(H2,21,22,23);1H. The topological polar surface area (TPSA) is 58.1 Å². The van der Waals surface area contributed by atoms with Crippen LogP contribution < -0.4 is 10.6 Å². The Bertz CT molecular complexity index is 423. The molecule has 2 heterocycles. The molecule has 2 aliphatic heterocycles. The molecule has 28 heavy (non-hydrogen) atoms. The number of ether oxygens (including phenoxy) is 2. The largest absolute Gasteiger partial charge is 0.385 e. The highest BCUT2D eigenvalue weighted by Crippen LogP contribution is 2.35. The predicted octanol–water partition coefficient (Wildman–Crippen LogP) is 2.96. The zero-order valence-electron chi connectivity index (χ0n) is 18.0. The lowest BCUT2D eigenvalue weighted by Gasteiger charge is -2.36. The molecule has 2 rings (SSSR count). The van der Waals surface area contributed by atoms with Gasteiger partial charge in [0.15, 0.2) is 5.96 Å². The molecule has 0 radical (unpaired) electrons. The maximum Gasteiger partial charge on any atom is 0.191 e. The monoisotopic (exact) mass is 528 g/mol. The van der Waals surface area contributed by atoms with Crippen molar-refractivity contribution in [2.24, 2.45) is 4.99 Å². The second-order valence-corrected chi connectivity index (χ2v) is 9.26. The van der Waals surface area contributed by atoms with Crippen molar-refractivity contribution in [3.63, 3.8) is 0 Å². The van der Waals surface area contributed by atoms with E-state index in [1.807, 2.05) is 0 Å². The number of likely N-dealkylation sites (tertiary alicyclic amines) is 1. The molecule has 2 aliphatic rings. The van der Waals surface area contributed by atoms with Crippen molar-refractivity contribution in [3.05, 3.63) is 0 Å². The number of guanidine groups is 1. The maximum atomic E-state index is 5.59. The van der Waals surface area contributed by atoms with Crippen LogP contribution >= 0.6 is 35.7 Å². The van der Waals surface area contributed by atoms with Crippen molar-refractivity contribution < 1.29 is 9.47 Å². The average Bonchev–Trinajstić information content (AvgIpc) is 2.69. The van der Waals surface area contributed by atoms with Gasteiger partial charge in [0.1, 0.15) is 0 Å². The fourth-order valence-electron chi connectivity index (χ4n) is 3.87. The van der Waals surface area contributed by atoms with Gasteiger partial charge >= 0.3 is 0 Å². The maximum absolute atomic E-state index is 5.59. The summed E-state index contributed by atoms with van der Waals surface area (Å²) in [5, 5.41) is 7.14. The van der Waals surface area contributed by atoms with E-state index in [0.29, 0.717) is 6.04 Å². The fourth-order valence-corrected chi connectivity index (χ4v) is 5.09. The molecule has 2 saturated heterocycles. The lowest BCUT2D eigenvalue weighted by molar-refractivity contribution is 0.0793.